The van der Waals surface area contributed by atoms with Gasteiger partial charge in [-0.2, -0.15) is 0 Å². The second kappa shape index (κ2) is 7.41. The van der Waals surface area contributed by atoms with E-state index in [-0.39, 0.29) is 35.9 Å². The van der Waals surface area contributed by atoms with Gasteiger partial charge < -0.3 is 14.6 Å². The van der Waals surface area contributed by atoms with E-state index in [2.05, 4.69) is 0 Å². The molecular weight excluding hydrogens is 256 g/mol. The number of carbonyl (C=O) groups excluding carboxylic acids is 1. The van der Waals surface area contributed by atoms with E-state index >= 15 is 0 Å². The summed E-state index contributed by atoms with van der Waals surface area (Å²) in [5.74, 6) is -0.117. The maximum absolute atomic E-state index is 11.9. The van der Waals surface area contributed by atoms with Gasteiger partial charge in [0.1, 0.15) is 6.10 Å². The topological polar surface area (TPSA) is 55.8 Å². The first-order valence-electron chi connectivity index (χ1n) is 7.38. The second-order valence-electron chi connectivity index (χ2n) is 7.45. The Morgan fingerprint density at radius 2 is 1.60 bits per heavy atom. The molecule has 0 bridgehead atoms. The van der Waals surface area contributed by atoms with Crippen LogP contribution in [-0.4, -0.2) is 36.0 Å². The zero-order valence-electron chi connectivity index (χ0n) is 14.3. The minimum Gasteiger partial charge on any atom is -0.461 e. The van der Waals surface area contributed by atoms with Crippen LogP contribution in [0.4, 0.5) is 0 Å². The average Bonchev–Trinajstić information content (AvgIpc) is 2.32. The zero-order valence-corrected chi connectivity index (χ0v) is 14.3. The molecule has 0 aromatic rings. The summed E-state index contributed by atoms with van der Waals surface area (Å²) < 4.78 is 11.4. The van der Waals surface area contributed by atoms with Crippen molar-refractivity contribution in [1.82, 2.24) is 0 Å². The Hall–Kier alpha value is -0.610. The minimum absolute atomic E-state index is 0.0405. The molecule has 0 saturated heterocycles. The van der Waals surface area contributed by atoms with Gasteiger partial charge >= 0.3 is 5.97 Å². The van der Waals surface area contributed by atoms with Gasteiger partial charge in [-0.05, 0) is 19.8 Å². The third-order valence-corrected chi connectivity index (χ3v) is 3.31. The van der Waals surface area contributed by atoms with Crippen molar-refractivity contribution in [2.24, 2.45) is 17.3 Å². The lowest BCUT2D eigenvalue weighted by Crippen LogP contribution is -2.44. The van der Waals surface area contributed by atoms with Crippen LogP contribution in [0.1, 0.15) is 55.4 Å². The van der Waals surface area contributed by atoms with Gasteiger partial charge in [0.25, 0.3) is 0 Å². The molecule has 120 valence electrons. The van der Waals surface area contributed by atoms with Gasteiger partial charge in [0.2, 0.25) is 0 Å². The molecule has 0 fully saturated rings. The van der Waals surface area contributed by atoms with E-state index < -0.39 is 5.60 Å². The molecule has 1 atom stereocenters. The van der Waals surface area contributed by atoms with Gasteiger partial charge in [0.15, 0.2) is 0 Å². The predicted molar refractivity (Wildman–Crippen MR) is 80.5 cm³/mol. The first-order valence-corrected chi connectivity index (χ1v) is 7.38. The van der Waals surface area contributed by atoms with Crippen LogP contribution in [0.15, 0.2) is 0 Å². The number of esters is 1. The molecule has 0 radical (unpaired) electrons. The number of carbonyl (C=O) groups is 1. The van der Waals surface area contributed by atoms with Crippen LogP contribution in [0.25, 0.3) is 0 Å². The van der Waals surface area contributed by atoms with E-state index in [4.69, 9.17) is 9.47 Å². The molecule has 0 spiro atoms. The molecule has 0 aliphatic heterocycles. The first-order chi connectivity index (χ1) is 8.93. The molecule has 0 aliphatic carbocycles. The highest BCUT2D eigenvalue weighted by Crippen LogP contribution is 2.31. The summed E-state index contributed by atoms with van der Waals surface area (Å²) in [7, 11) is 0. The molecule has 0 rings (SSSR count). The minimum atomic E-state index is -0.582. The van der Waals surface area contributed by atoms with Gasteiger partial charge in [-0.25, -0.2) is 0 Å². The number of aliphatic hydroxyl groups excluding tert-OH is 1. The van der Waals surface area contributed by atoms with Crippen LogP contribution in [0, 0.1) is 17.3 Å². The molecule has 0 heterocycles. The Morgan fingerprint density at radius 3 is 1.95 bits per heavy atom. The van der Waals surface area contributed by atoms with Crippen molar-refractivity contribution in [3.05, 3.63) is 0 Å². The third kappa shape index (κ3) is 6.23. The normalized spacial score (nSPS) is 14.8. The zero-order chi connectivity index (χ0) is 16.1. The second-order valence-corrected chi connectivity index (χ2v) is 7.45. The van der Waals surface area contributed by atoms with Crippen LogP contribution in [-0.2, 0) is 14.3 Å². The van der Waals surface area contributed by atoms with Crippen LogP contribution in [0.5, 0.6) is 0 Å². The van der Waals surface area contributed by atoms with E-state index in [9.17, 15) is 9.90 Å². The smallest absolute Gasteiger partial charge is 0.308 e. The fraction of sp³-hybridized carbons (Fsp3) is 0.938. The Labute approximate surface area is 123 Å². The van der Waals surface area contributed by atoms with Crippen LogP contribution in [0.2, 0.25) is 0 Å². The van der Waals surface area contributed by atoms with E-state index in [1.54, 1.807) is 0 Å². The molecule has 0 saturated carbocycles. The van der Waals surface area contributed by atoms with Crippen molar-refractivity contribution in [1.29, 1.82) is 0 Å². The monoisotopic (exact) mass is 288 g/mol. The van der Waals surface area contributed by atoms with Gasteiger partial charge in [0.05, 0.1) is 24.7 Å². The summed E-state index contributed by atoms with van der Waals surface area (Å²) in [6.45, 7) is 15.9. The summed E-state index contributed by atoms with van der Waals surface area (Å²) in [5, 5.41) is 9.25. The molecule has 4 nitrogen and oxygen atoms in total. The fourth-order valence-electron chi connectivity index (χ4n) is 1.97. The van der Waals surface area contributed by atoms with Crippen molar-refractivity contribution in [2.75, 3.05) is 13.2 Å². The van der Waals surface area contributed by atoms with Crippen molar-refractivity contribution in [3.63, 3.8) is 0 Å². The molecule has 0 aromatic carbocycles. The van der Waals surface area contributed by atoms with E-state index in [1.807, 2.05) is 55.4 Å². The summed E-state index contributed by atoms with van der Waals surface area (Å²) in [4.78, 5) is 11.9. The number of hydrogen-bond acceptors (Lipinski definition) is 4. The van der Waals surface area contributed by atoms with Crippen molar-refractivity contribution in [3.8, 4) is 0 Å². The molecule has 0 aromatic heterocycles. The molecular formula is C16H32O4. The van der Waals surface area contributed by atoms with E-state index in [0.717, 1.165) is 0 Å². The summed E-state index contributed by atoms with van der Waals surface area (Å²) in [6.07, 6.45) is -0.216. The molecule has 1 unspecified atom stereocenters. The van der Waals surface area contributed by atoms with E-state index in [1.165, 1.54) is 0 Å². The van der Waals surface area contributed by atoms with Crippen molar-refractivity contribution >= 4 is 5.97 Å². The Balaban J connectivity index is 4.84. The maximum atomic E-state index is 11.9. The quantitative estimate of drug-likeness (QED) is 0.698. The van der Waals surface area contributed by atoms with E-state index in [0.29, 0.717) is 6.61 Å². The van der Waals surface area contributed by atoms with Crippen LogP contribution in [0.3, 0.4) is 0 Å². The maximum Gasteiger partial charge on any atom is 0.308 e. The predicted octanol–water partition coefficient (Wildman–Crippen LogP) is 3.02. The molecule has 1 N–H and O–H groups in total. The summed E-state index contributed by atoms with van der Waals surface area (Å²) in [5.41, 5.74) is -0.897. The first kappa shape index (κ1) is 19.4. The van der Waals surface area contributed by atoms with Gasteiger partial charge in [-0.1, -0.05) is 41.5 Å². The Bertz CT molecular complexity index is 306. The summed E-state index contributed by atoms with van der Waals surface area (Å²) >= 11 is 0. The lowest BCUT2D eigenvalue weighted by atomic mass is 9.81. The highest BCUT2D eigenvalue weighted by molar-refractivity contribution is 5.71. The highest BCUT2D eigenvalue weighted by atomic mass is 16.6. The third-order valence-electron chi connectivity index (χ3n) is 3.31. The number of hydrogen-bond donors (Lipinski definition) is 1. The lowest BCUT2D eigenvalue weighted by Gasteiger charge is -2.38. The molecule has 20 heavy (non-hydrogen) atoms. The SMILES string of the molecule is CC(C)C(=O)OC(C(C)C)C(C)(C)COC(C)(C)CO. The van der Waals surface area contributed by atoms with Crippen molar-refractivity contribution < 1.29 is 19.4 Å². The lowest BCUT2D eigenvalue weighted by molar-refractivity contribution is -0.171. The standard InChI is InChI=1S/C16H32O4/c1-11(2)13(20-14(18)12(3)4)15(5,6)10-19-16(7,8)9-17/h11-13,17H,9-10H2,1-8H3. The Morgan fingerprint density at radius 1 is 1.10 bits per heavy atom. The van der Waals surface area contributed by atoms with Crippen LogP contribution < -0.4 is 0 Å². The molecule has 4 heteroatoms. The Kier molecular flexibility index (Phi) is 7.19. The number of aliphatic hydroxyl groups is 1. The van der Waals surface area contributed by atoms with Gasteiger partial charge in [0, 0.05) is 5.41 Å². The molecule has 0 aliphatic rings. The largest absolute Gasteiger partial charge is 0.461 e. The van der Waals surface area contributed by atoms with Crippen LogP contribution >= 0.6 is 0 Å². The summed E-state index contributed by atoms with van der Waals surface area (Å²) in [6, 6.07) is 0. The fourth-order valence-corrected chi connectivity index (χ4v) is 1.97. The van der Waals surface area contributed by atoms with Gasteiger partial charge in [-0.15, -0.1) is 0 Å². The highest BCUT2D eigenvalue weighted by Gasteiger charge is 2.37. The number of ether oxygens (including phenoxy) is 2. The van der Waals surface area contributed by atoms with Crippen molar-refractivity contribution in [2.45, 2.75) is 67.1 Å². The van der Waals surface area contributed by atoms with Gasteiger partial charge in [-0.3, -0.25) is 4.79 Å². The average molecular weight is 288 g/mol. The molecule has 0 amide bonds. The number of rotatable bonds is 8.